The van der Waals surface area contributed by atoms with Crippen LogP contribution in [-0.2, 0) is 11.2 Å². The fraction of sp³-hybridized carbons (Fsp3) is 0.333. The second-order valence-corrected chi connectivity index (χ2v) is 6.51. The molecule has 0 spiro atoms. The van der Waals surface area contributed by atoms with E-state index in [1.807, 2.05) is 25.2 Å². The van der Waals surface area contributed by atoms with E-state index < -0.39 is 5.82 Å². The van der Waals surface area contributed by atoms with Gasteiger partial charge in [-0.1, -0.05) is 23.7 Å². The first kappa shape index (κ1) is 16.9. The quantitative estimate of drug-likeness (QED) is 0.924. The maximum atomic E-state index is 13.8. The third-order valence-corrected chi connectivity index (χ3v) is 4.67. The predicted octanol–water partition coefficient (Wildman–Crippen LogP) is 2.98. The fourth-order valence-electron chi connectivity index (χ4n) is 3.23. The molecule has 0 unspecified atom stereocenters. The molecule has 1 saturated heterocycles. The molecule has 1 N–H and O–H groups in total. The lowest BCUT2D eigenvalue weighted by molar-refractivity contribution is -0.121. The van der Waals surface area contributed by atoms with E-state index in [4.69, 9.17) is 11.6 Å². The van der Waals surface area contributed by atoms with Gasteiger partial charge < -0.3 is 5.32 Å². The minimum absolute atomic E-state index is 0.0530. The topological polar surface area (TPSA) is 45.2 Å². The molecule has 4 nitrogen and oxygen atoms in total. The van der Waals surface area contributed by atoms with Gasteiger partial charge in [-0.25, -0.2) is 4.39 Å². The van der Waals surface area contributed by atoms with E-state index in [1.54, 1.807) is 18.5 Å². The van der Waals surface area contributed by atoms with E-state index in [0.29, 0.717) is 0 Å². The molecule has 3 rings (SSSR count). The van der Waals surface area contributed by atoms with Crippen molar-refractivity contribution < 1.29 is 9.18 Å². The highest BCUT2D eigenvalue weighted by Gasteiger charge is 2.34. The van der Waals surface area contributed by atoms with E-state index in [9.17, 15) is 9.18 Å². The normalized spacial score (nSPS) is 21.0. The Balaban J connectivity index is 1.72. The fourth-order valence-corrected chi connectivity index (χ4v) is 3.34. The number of likely N-dealkylation sites (N-methyl/N-ethyl adjacent to an activating group) is 1. The van der Waals surface area contributed by atoms with Gasteiger partial charge in [0, 0.05) is 25.0 Å². The van der Waals surface area contributed by atoms with Gasteiger partial charge in [-0.3, -0.25) is 14.7 Å². The maximum absolute atomic E-state index is 13.8. The molecule has 1 amide bonds. The number of likely N-dealkylation sites (tertiary alicyclic amines) is 1. The van der Waals surface area contributed by atoms with Gasteiger partial charge in [0.2, 0.25) is 5.91 Å². The molecule has 1 aromatic carbocycles. The Morgan fingerprint density at radius 3 is 3.00 bits per heavy atom. The van der Waals surface area contributed by atoms with E-state index in [-0.39, 0.29) is 29.4 Å². The summed E-state index contributed by atoms with van der Waals surface area (Å²) in [6.07, 6.45) is 4.48. The van der Waals surface area contributed by atoms with Crippen molar-refractivity contribution >= 4 is 17.5 Å². The first-order valence-corrected chi connectivity index (χ1v) is 8.26. The van der Waals surface area contributed by atoms with Crippen molar-refractivity contribution in [3.8, 4) is 0 Å². The lowest BCUT2D eigenvalue weighted by Crippen LogP contribution is -2.39. The minimum atomic E-state index is -0.435. The number of halogens is 2. The van der Waals surface area contributed by atoms with Crippen molar-refractivity contribution in [2.45, 2.75) is 24.9 Å². The van der Waals surface area contributed by atoms with Gasteiger partial charge in [-0.05, 0) is 42.8 Å². The van der Waals surface area contributed by atoms with Crippen LogP contribution in [0, 0.1) is 5.82 Å². The molecule has 1 aliphatic heterocycles. The number of hydrogen-bond acceptors (Lipinski definition) is 3. The van der Waals surface area contributed by atoms with Gasteiger partial charge in [-0.2, -0.15) is 0 Å². The van der Waals surface area contributed by atoms with Crippen LogP contribution in [0.1, 0.15) is 23.6 Å². The van der Waals surface area contributed by atoms with Crippen LogP contribution in [0.15, 0.2) is 42.7 Å². The van der Waals surface area contributed by atoms with E-state index >= 15 is 0 Å². The van der Waals surface area contributed by atoms with Crippen LogP contribution in [0.4, 0.5) is 4.39 Å². The number of rotatable bonds is 4. The van der Waals surface area contributed by atoms with Crippen molar-refractivity contribution in [2.24, 2.45) is 0 Å². The molecule has 0 saturated carbocycles. The number of hydrogen-bond donors (Lipinski definition) is 1. The number of carbonyl (C=O) groups excluding carboxylic acids is 1. The average molecular weight is 348 g/mol. The smallest absolute Gasteiger partial charge is 0.224 e. The molecular weight excluding hydrogens is 329 g/mol. The third kappa shape index (κ3) is 3.74. The summed E-state index contributed by atoms with van der Waals surface area (Å²) in [5, 5.41) is 3.18. The van der Waals surface area contributed by atoms with E-state index in [2.05, 4.69) is 15.2 Å². The van der Waals surface area contributed by atoms with Crippen LogP contribution in [0.2, 0.25) is 5.02 Å². The summed E-state index contributed by atoms with van der Waals surface area (Å²) in [7, 11) is 1.98. The van der Waals surface area contributed by atoms with Crippen LogP contribution < -0.4 is 5.32 Å². The zero-order valence-corrected chi connectivity index (χ0v) is 14.1. The van der Waals surface area contributed by atoms with Crippen molar-refractivity contribution in [1.82, 2.24) is 15.2 Å². The van der Waals surface area contributed by atoms with Crippen molar-refractivity contribution in [3.05, 3.63) is 64.7 Å². The van der Waals surface area contributed by atoms with Crippen molar-refractivity contribution in [3.63, 3.8) is 0 Å². The number of amides is 1. The standard InChI is InChI=1S/C18H19ClFN3O/c1-23-8-6-16(18(23)13-4-5-14(19)15(20)10-13)22-17(24)9-12-3-2-7-21-11-12/h2-5,7,10-11,16,18H,6,8-9H2,1H3,(H,22,24)/t16-,18+/m0/s1. The molecule has 24 heavy (non-hydrogen) atoms. The molecule has 0 radical (unpaired) electrons. The zero-order valence-electron chi connectivity index (χ0n) is 13.4. The molecule has 126 valence electrons. The summed E-state index contributed by atoms with van der Waals surface area (Å²) < 4.78 is 13.8. The number of nitrogens with zero attached hydrogens (tertiary/aromatic N) is 2. The first-order valence-electron chi connectivity index (χ1n) is 7.88. The maximum Gasteiger partial charge on any atom is 0.224 e. The van der Waals surface area contributed by atoms with Gasteiger partial charge in [-0.15, -0.1) is 0 Å². The van der Waals surface area contributed by atoms with Crippen LogP contribution in [0.3, 0.4) is 0 Å². The Morgan fingerprint density at radius 2 is 2.29 bits per heavy atom. The van der Waals surface area contributed by atoms with E-state index in [1.165, 1.54) is 6.07 Å². The Hall–Kier alpha value is -1.98. The lowest BCUT2D eigenvalue weighted by atomic mass is 9.99. The van der Waals surface area contributed by atoms with Crippen LogP contribution in [0.25, 0.3) is 0 Å². The summed E-state index contributed by atoms with van der Waals surface area (Å²) in [5.74, 6) is -0.488. The van der Waals surface area contributed by atoms with Crippen LogP contribution in [0.5, 0.6) is 0 Å². The molecule has 2 aromatic rings. The highest BCUT2D eigenvalue weighted by molar-refractivity contribution is 6.30. The highest BCUT2D eigenvalue weighted by atomic mass is 35.5. The number of carbonyl (C=O) groups is 1. The number of aromatic nitrogens is 1. The number of benzene rings is 1. The summed E-state index contributed by atoms with van der Waals surface area (Å²) in [6.45, 7) is 0.840. The summed E-state index contributed by atoms with van der Waals surface area (Å²) in [5.41, 5.74) is 1.69. The third-order valence-electron chi connectivity index (χ3n) is 4.37. The number of pyridine rings is 1. The van der Waals surface area contributed by atoms with Crippen molar-refractivity contribution in [1.29, 1.82) is 0 Å². The van der Waals surface area contributed by atoms with Gasteiger partial charge in [0.05, 0.1) is 17.5 Å². The van der Waals surface area contributed by atoms with Gasteiger partial charge in [0.1, 0.15) is 5.82 Å². The molecular formula is C18H19ClFN3O. The Labute approximate surface area is 145 Å². The monoisotopic (exact) mass is 347 g/mol. The molecule has 2 heterocycles. The lowest BCUT2D eigenvalue weighted by Gasteiger charge is -2.26. The van der Waals surface area contributed by atoms with Crippen molar-refractivity contribution in [2.75, 3.05) is 13.6 Å². The van der Waals surface area contributed by atoms with Crippen LogP contribution >= 0.6 is 11.6 Å². The first-order chi connectivity index (χ1) is 11.5. The molecule has 1 fully saturated rings. The van der Waals surface area contributed by atoms with E-state index in [0.717, 1.165) is 24.1 Å². The number of nitrogens with one attached hydrogen (secondary N) is 1. The summed E-state index contributed by atoms with van der Waals surface area (Å²) in [6, 6.07) is 8.40. The van der Waals surface area contributed by atoms with Gasteiger partial charge in [0.25, 0.3) is 0 Å². The van der Waals surface area contributed by atoms with Gasteiger partial charge in [0.15, 0.2) is 0 Å². The zero-order chi connectivity index (χ0) is 17.1. The molecule has 0 bridgehead atoms. The molecule has 1 aliphatic rings. The summed E-state index contributed by atoms with van der Waals surface area (Å²) >= 11 is 5.77. The Kier molecular flexibility index (Phi) is 5.11. The van der Waals surface area contributed by atoms with Gasteiger partial charge >= 0.3 is 0 Å². The highest BCUT2D eigenvalue weighted by Crippen LogP contribution is 2.32. The Bertz CT molecular complexity index is 725. The second kappa shape index (κ2) is 7.28. The summed E-state index contributed by atoms with van der Waals surface area (Å²) in [4.78, 5) is 18.5. The predicted molar refractivity (Wildman–Crippen MR) is 91.3 cm³/mol. The second-order valence-electron chi connectivity index (χ2n) is 6.10. The molecule has 6 heteroatoms. The van der Waals surface area contributed by atoms with Crippen LogP contribution in [-0.4, -0.2) is 35.4 Å². The minimum Gasteiger partial charge on any atom is -0.351 e. The average Bonchev–Trinajstić information content (AvgIpc) is 2.91. The SMILES string of the molecule is CN1CC[C@H](NC(=O)Cc2cccnc2)[C@H]1c1ccc(Cl)c(F)c1. The molecule has 0 aliphatic carbocycles. The molecule has 2 atom stereocenters. The largest absolute Gasteiger partial charge is 0.351 e. The Morgan fingerprint density at radius 1 is 1.46 bits per heavy atom. The molecule has 1 aromatic heterocycles.